The molecular formula is C42H46F3N9O5S. The number of carbonyl (C=O) groups is 4. The van der Waals surface area contributed by atoms with Gasteiger partial charge in [0.25, 0.3) is 5.91 Å². The SMILES string of the molecule is C[C@@H]1CN(CC(=O)Nc2cccc(NC3CCC(=O)NC3=O)c2)[C@H](C)CN1CCOc1ccc(N2C(=S)N(c3cnc(C#N)c(C(F)(F)F)c3)C(=O)C2(C)C)cc1C1CC1. The van der Waals surface area contributed by atoms with E-state index >= 15 is 0 Å². The lowest BCUT2D eigenvalue weighted by Gasteiger charge is -2.43. The van der Waals surface area contributed by atoms with Crippen LogP contribution in [0.2, 0.25) is 0 Å². The topological polar surface area (TPSA) is 163 Å². The van der Waals surface area contributed by atoms with E-state index in [1.54, 1.807) is 49.1 Å². The number of nitriles is 1. The van der Waals surface area contributed by atoms with E-state index in [0.717, 1.165) is 42.1 Å². The molecule has 4 heterocycles. The summed E-state index contributed by atoms with van der Waals surface area (Å²) in [6, 6.07) is 14.6. The van der Waals surface area contributed by atoms with Crippen LogP contribution in [0.3, 0.4) is 0 Å². The van der Waals surface area contributed by atoms with E-state index in [0.29, 0.717) is 48.9 Å². The first kappa shape index (κ1) is 42.5. The standard InChI is InChI=1S/C42H46F3N9O5S/c1-24-22-52(23-37(56)49-28-7-5-6-27(16-28)48-33-11-13-36(55)50-38(33)57)25(2)21-51(24)14-15-59-35-12-10-29(17-31(35)26-8-9-26)54-40(60)53(39(58)41(54,3)4)30-18-32(42(43,44)45)34(19-46)47-20-30/h5-7,10,12,16-18,20,24-26,33,48H,8-9,11,13-15,21-23H2,1-4H3,(H,49,56)(H,50,55,57)/t24-,25-,33?/m1/s1. The summed E-state index contributed by atoms with van der Waals surface area (Å²) < 4.78 is 47.8. The predicted molar refractivity (Wildman–Crippen MR) is 221 cm³/mol. The van der Waals surface area contributed by atoms with Crippen molar-refractivity contribution < 1.29 is 37.1 Å². The number of carbonyl (C=O) groups excluding carboxylic acids is 4. The first-order valence-corrected chi connectivity index (χ1v) is 20.3. The molecular weight excluding hydrogens is 800 g/mol. The minimum atomic E-state index is -4.86. The van der Waals surface area contributed by atoms with Crippen LogP contribution in [0.1, 0.15) is 76.1 Å². The third kappa shape index (κ3) is 8.93. The lowest BCUT2D eigenvalue weighted by atomic mass is 10.0. The Hall–Kier alpha value is -5.64. The fourth-order valence-corrected chi connectivity index (χ4v) is 8.56. The van der Waals surface area contributed by atoms with Crippen LogP contribution >= 0.6 is 12.2 Å². The molecule has 60 heavy (non-hydrogen) atoms. The number of nitrogens with zero attached hydrogens (tertiary/aromatic N) is 6. The minimum Gasteiger partial charge on any atom is -0.492 e. The maximum atomic E-state index is 13.8. The van der Waals surface area contributed by atoms with Gasteiger partial charge in [0.2, 0.25) is 17.7 Å². The number of ether oxygens (including phenoxy) is 1. The Balaban J connectivity index is 0.947. The highest BCUT2D eigenvalue weighted by Crippen LogP contribution is 2.47. The second-order valence-corrected chi connectivity index (χ2v) is 16.6. The van der Waals surface area contributed by atoms with Crippen LogP contribution in [0.4, 0.5) is 35.9 Å². The first-order valence-electron chi connectivity index (χ1n) is 19.9. The predicted octanol–water partition coefficient (Wildman–Crippen LogP) is 5.40. The van der Waals surface area contributed by atoms with Gasteiger partial charge in [0, 0.05) is 55.2 Å². The second-order valence-electron chi connectivity index (χ2n) is 16.3. The molecule has 0 radical (unpaired) electrons. The summed E-state index contributed by atoms with van der Waals surface area (Å²) in [5.74, 6) is -0.376. The number of anilines is 4. The maximum Gasteiger partial charge on any atom is 0.419 e. The van der Waals surface area contributed by atoms with Gasteiger partial charge in [-0.1, -0.05) is 6.07 Å². The van der Waals surface area contributed by atoms with Gasteiger partial charge in [0.1, 0.15) is 30.0 Å². The van der Waals surface area contributed by atoms with Gasteiger partial charge in [-0.3, -0.25) is 39.2 Å². The van der Waals surface area contributed by atoms with Crippen LogP contribution in [0.15, 0.2) is 54.7 Å². The highest BCUT2D eigenvalue weighted by atomic mass is 32.1. The Morgan fingerprint density at radius 1 is 1.02 bits per heavy atom. The maximum absolute atomic E-state index is 13.8. The molecule has 3 aromatic rings. The molecule has 3 N–H and O–H groups in total. The average molecular weight is 846 g/mol. The zero-order valence-corrected chi connectivity index (χ0v) is 34.5. The van der Waals surface area contributed by atoms with Crippen molar-refractivity contribution in [3.63, 3.8) is 0 Å². The summed E-state index contributed by atoms with van der Waals surface area (Å²) in [7, 11) is 0. The Labute approximate surface area is 351 Å². The zero-order chi connectivity index (χ0) is 43.1. The number of alkyl halides is 3. The van der Waals surface area contributed by atoms with Crippen molar-refractivity contribution >= 4 is 63.7 Å². The Morgan fingerprint density at radius 3 is 2.43 bits per heavy atom. The fourth-order valence-electron chi connectivity index (χ4n) is 8.04. The zero-order valence-electron chi connectivity index (χ0n) is 33.6. The number of benzene rings is 2. The van der Waals surface area contributed by atoms with Crippen LogP contribution in [-0.2, 0) is 25.4 Å². The van der Waals surface area contributed by atoms with Gasteiger partial charge in [0.15, 0.2) is 10.8 Å². The molecule has 3 saturated heterocycles. The highest BCUT2D eigenvalue weighted by Gasteiger charge is 2.51. The van der Waals surface area contributed by atoms with Crippen LogP contribution in [0, 0.1) is 11.3 Å². The molecule has 1 unspecified atom stereocenters. The smallest absolute Gasteiger partial charge is 0.419 e. The van der Waals surface area contributed by atoms with E-state index < -0.39 is 34.9 Å². The summed E-state index contributed by atoms with van der Waals surface area (Å²) in [5.41, 5.74) is -0.635. The van der Waals surface area contributed by atoms with E-state index in [4.69, 9.17) is 17.0 Å². The molecule has 4 fully saturated rings. The number of hydrogen-bond donors (Lipinski definition) is 3. The molecule has 1 aliphatic carbocycles. The van der Waals surface area contributed by atoms with Crippen LogP contribution in [0.5, 0.6) is 5.75 Å². The molecule has 1 saturated carbocycles. The third-order valence-electron chi connectivity index (χ3n) is 11.4. The van der Waals surface area contributed by atoms with E-state index in [-0.39, 0.29) is 59.5 Å². The van der Waals surface area contributed by atoms with Crippen molar-refractivity contribution in [1.82, 2.24) is 20.1 Å². The van der Waals surface area contributed by atoms with Crippen LogP contribution < -0.4 is 30.5 Å². The van der Waals surface area contributed by atoms with Crippen molar-refractivity contribution in [2.24, 2.45) is 0 Å². The van der Waals surface area contributed by atoms with Gasteiger partial charge in [0.05, 0.1) is 24.0 Å². The van der Waals surface area contributed by atoms with Gasteiger partial charge in [-0.05, 0) is 113 Å². The van der Waals surface area contributed by atoms with Crippen LogP contribution in [0.25, 0.3) is 0 Å². The van der Waals surface area contributed by atoms with Gasteiger partial charge < -0.3 is 20.3 Å². The number of nitrogens with one attached hydrogen (secondary N) is 3. The van der Waals surface area contributed by atoms with E-state index in [1.165, 1.54) is 6.07 Å². The molecule has 0 bridgehead atoms. The monoisotopic (exact) mass is 845 g/mol. The Bertz CT molecular complexity index is 2260. The van der Waals surface area contributed by atoms with Crippen LogP contribution in [-0.4, -0.2) is 100.0 Å². The minimum absolute atomic E-state index is 0.00619. The number of rotatable bonds is 12. The largest absolute Gasteiger partial charge is 0.492 e. The number of thiocarbonyl (C=S) groups is 1. The quantitative estimate of drug-likeness (QED) is 0.158. The van der Waals surface area contributed by atoms with Crippen molar-refractivity contribution in [1.29, 1.82) is 5.26 Å². The molecule has 1 aromatic heterocycles. The van der Waals surface area contributed by atoms with E-state index in [9.17, 15) is 37.6 Å². The molecule has 0 spiro atoms. The molecule has 4 amide bonds. The fraction of sp³-hybridized carbons (Fsp3) is 0.452. The van der Waals surface area contributed by atoms with Crippen molar-refractivity contribution in [2.45, 2.75) is 89.1 Å². The molecule has 3 aliphatic heterocycles. The number of aromatic nitrogens is 1. The summed E-state index contributed by atoms with van der Waals surface area (Å²) >= 11 is 5.74. The third-order valence-corrected chi connectivity index (χ3v) is 11.8. The number of hydrogen-bond acceptors (Lipinski definition) is 11. The number of pyridine rings is 1. The van der Waals surface area contributed by atoms with Crippen molar-refractivity contribution in [2.75, 3.05) is 53.2 Å². The van der Waals surface area contributed by atoms with Crippen molar-refractivity contribution in [3.8, 4) is 11.8 Å². The number of amides is 4. The molecule has 18 heteroatoms. The second kappa shape index (κ2) is 16.8. The molecule has 14 nitrogen and oxygen atoms in total. The highest BCUT2D eigenvalue weighted by molar-refractivity contribution is 7.81. The number of piperazine rings is 1. The number of piperidine rings is 1. The molecule has 316 valence electrons. The summed E-state index contributed by atoms with van der Waals surface area (Å²) in [5, 5.41) is 17.6. The summed E-state index contributed by atoms with van der Waals surface area (Å²) in [6.45, 7) is 10.2. The molecule has 7 rings (SSSR count). The van der Waals surface area contributed by atoms with E-state index in [1.807, 2.05) is 12.1 Å². The van der Waals surface area contributed by atoms with E-state index in [2.05, 4.69) is 44.6 Å². The number of halogens is 3. The molecule has 4 aliphatic rings. The number of imide groups is 1. The molecule has 2 aromatic carbocycles. The van der Waals surface area contributed by atoms with Gasteiger partial charge in [-0.15, -0.1) is 0 Å². The lowest BCUT2D eigenvalue weighted by molar-refractivity contribution is -0.138. The van der Waals surface area contributed by atoms with Crippen molar-refractivity contribution in [3.05, 3.63) is 71.5 Å². The van der Waals surface area contributed by atoms with Gasteiger partial charge >= 0.3 is 6.18 Å². The first-order chi connectivity index (χ1) is 28.4. The lowest BCUT2D eigenvalue weighted by Crippen LogP contribution is -2.58. The average Bonchev–Trinajstić information content (AvgIpc) is 4.01. The summed E-state index contributed by atoms with van der Waals surface area (Å²) in [4.78, 5) is 61.4. The Kier molecular flexibility index (Phi) is 11.9. The normalized spacial score (nSPS) is 22.4. The summed E-state index contributed by atoms with van der Waals surface area (Å²) in [6.07, 6.45) is -1.22. The van der Waals surface area contributed by atoms with Gasteiger partial charge in [-0.2, -0.15) is 18.4 Å². The Morgan fingerprint density at radius 2 is 1.73 bits per heavy atom. The van der Waals surface area contributed by atoms with Gasteiger partial charge in [-0.25, -0.2) is 4.98 Å². The molecule has 3 atom stereocenters.